The SMILES string of the molecule is COCCn1c(=NC(=O)CCCS(=O)(=O)c2ccc(Cl)cc2)sc2cc(C(=O)OC)ccc21. The monoisotopic (exact) mass is 510 g/mol. The van der Waals surface area contributed by atoms with Crippen molar-refractivity contribution in [3.8, 4) is 0 Å². The summed E-state index contributed by atoms with van der Waals surface area (Å²) >= 11 is 7.07. The quantitative estimate of drug-likeness (QED) is 0.408. The molecule has 1 heterocycles. The van der Waals surface area contributed by atoms with Gasteiger partial charge in [-0.3, -0.25) is 4.79 Å². The lowest BCUT2D eigenvalue weighted by molar-refractivity contribution is -0.118. The lowest BCUT2D eigenvalue weighted by Crippen LogP contribution is -2.19. The first-order valence-corrected chi connectivity index (χ1v) is 12.9. The molecule has 2 aromatic carbocycles. The first-order valence-electron chi connectivity index (χ1n) is 10.0. The van der Waals surface area contributed by atoms with Gasteiger partial charge in [0.05, 0.1) is 40.1 Å². The van der Waals surface area contributed by atoms with Crippen molar-refractivity contribution in [1.82, 2.24) is 4.57 Å². The molecular weight excluding hydrogens is 488 g/mol. The summed E-state index contributed by atoms with van der Waals surface area (Å²) in [7, 11) is -0.628. The Kier molecular flexibility index (Phi) is 8.41. The van der Waals surface area contributed by atoms with Crippen LogP contribution in [0.25, 0.3) is 10.2 Å². The summed E-state index contributed by atoms with van der Waals surface area (Å²) in [6.45, 7) is 0.871. The zero-order valence-corrected chi connectivity index (χ0v) is 20.5. The van der Waals surface area contributed by atoms with E-state index in [2.05, 4.69) is 4.99 Å². The minimum atomic E-state index is -3.52. The molecule has 1 amide bonds. The Morgan fingerprint density at radius 2 is 1.85 bits per heavy atom. The van der Waals surface area contributed by atoms with E-state index < -0.39 is 21.7 Å². The molecule has 8 nitrogen and oxygen atoms in total. The zero-order valence-electron chi connectivity index (χ0n) is 18.1. The van der Waals surface area contributed by atoms with Crippen molar-refractivity contribution < 1.29 is 27.5 Å². The van der Waals surface area contributed by atoms with E-state index in [4.69, 9.17) is 21.1 Å². The summed E-state index contributed by atoms with van der Waals surface area (Å²) in [4.78, 5) is 29.2. The number of hydrogen-bond donors (Lipinski definition) is 0. The van der Waals surface area contributed by atoms with Crippen molar-refractivity contribution in [1.29, 1.82) is 0 Å². The third kappa shape index (κ3) is 6.29. The zero-order chi connectivity index (χ0) is 24.0. The number of ether oxygens (including phenoxy) is 2. The van der Waals surface area contributed by atoms with E-state index in [1.165, 1.54) is 42.7 Å². The lowest BCUT2D eigenvalue weighted by Gasteiger charge is -2.05. The van der Waals surface area contributed by atoms with Crippen LogP contribution in [-0.2, 0) is 30.7 Å². The van der Waals surface area contributed by atoms with Crippen molar-refractivity contribution in [3.63, 3.8) is 0 Å². The molecule has 0 aliphatic rings. The number of sulfone groups is 1. The van der Waals surface area contributed by atoms with E-state index in [-0.39, 0.29) is 23.5 Å². The number of benzene rings is 2. The van der Waals surface area contributed by atoms with Crippen LogP contribution in [0.2, 0.25) is 5.02 Å². The van der Waals surface area contributed by atoms with Gasteiger partial charge in [0.1, 0.15) is 0 Å². The molecule has 0 fully saturated rings. The maximum absolute atomic E-state index is 12.5. The Bertz CT molecular complexity index is 1330. The fraction of sp³-hybridized carbons (Fsp3) is 0.318. The van der Waals surface area contributed by atoms with Gasteiger partial charge in [-0.15, -0.1) is 0 Å². The van der Waals surface area contributed by atoms with Crippen LogP contribution in [0.3, 0.4) is 0 Å². The van der Waals surface area contributed by atoms with E-state index in [0.29, 0.717) is 28.5 Å². The highest BCUT2D eigenvalue weighted by molar-refractivity contribution is 7.91. The summed E-state index contributed by atoms with van der Waals surface area (Å²) in [5.74, 6) is -1.05. The first kappa shape index (κ1) is 25.1. The van der Waals surface area contributed by atoms with Crippen molar-refractivity contribution in [2.24, 2.45) is 4.99 Å². The Balaban J connectivity index is 1.79. The number of thiazole rings is 1. The average molecular weight is 511 g/mol. The van der Waals surface area contributed by atoms with Gasteiger partial charge in [-0.1, -0.05) is 22.9 Å². The minimum Gasteiger partial charge on any atom is -0.465 e. The van der Waals surface area contributed by atoms with E-state index in [1.807, 2.05) is 4.57 Å². The molecule has 1 aromatic heterocycles. The van der Waals surface area contributed by atoms with Crippen molar-refractivity contribution in [2.45, 2.75) is 24.3 Å². The van der Waals surface area contributed by atoms with Gasteiger partial charge in [0.25, 0.3) is 0 Å². The number of nitrogens with zero attached hydrogens (tertiary/aromatic N) is 2. The van der Waals surface area contributed by atoms with Crippen LogP contribution in [0.1, 0.15) is 23.2 Å². The highest BCUT2D eigenvalue weighted by Crippen LogP contribution is 2.20. The van der Waals surface area contributed by atoms with E-state index >= 15 is 0 Å². The Labute approximate surface area is 200 Å². The molecule has 3 aromatic rings. The Morgan fingerprint density at radius 1 is 1.12 bits per heavy atom. The number of esters is 1. The van der Waals surface area contributed by atoms with Gasteiger partial charge in [-0.05, 0) is 48.9 Å². The van der Waals surface area contributed by atoms with Crippen LogP contribution < -0.4 is 4.80 Å². The number of fused-ring (bicyclic) bond motifs is 1. The molecule has 0 spiro atoms. The Hall–Kier alpha value is -2.53. The number of aromatic nitrogens is 1. The highest BCUT2D eigenvalue weighted by Gasteiger charge is 2.16. The van der Waals surface area contributed by atoms with Crippen LogP contribution >= 0.6 is 22.9 Å². The predicted octanol–water partition coefficient (Wildman–Crippen LogP) is 3.47. The molecule has 0 N–H and O–H groups in total. The van der Waals surface area contributed by atoms with Gasteiger partial charge >= 0.3 is 5.97 Å². The largest absolute Gasteiger partial charge is 0.465 e. The summed E-state index contributed by atoms with van der Waals surface area (Å²) in [6.07, 6.45) is 0.126. The Morgan fingerprint density at radius 3 is 2.52 bits per heavy atom. The van der Waals surface area contributed by atoms with Gasteiger partial charge in [0.15, 0.2) is 14.6 Å². The van der Waals surface area contributed by atoms with E-state index in [1.54, 1.807) is 25.3 Å². The highest BCUT2D eigenvalue weighted by atomic mass is 35.5. The topological polar surface area (TPSA) is 104 Å². The van der Waals surface area contributed by atoms with Crippen LogP contribution in [0.5, 0.6) is 0 Å². The van der Waals surface area contributed by atoms with Crippen molar-refractivity contribution in [3.05, 3.63) is 57.9 Å². The first-order chi connectivity index (χ1) is 15.7. The van der Waals surface area contributed by atoms with E-state index in [9.17, 15) is 18.0 Å². The molecule has 33 heavy (non-hydrogen) atoms. The number of carbonyl (C=O) groups is 2. The normalized spacial score (nSPS) is 12.3. The third-order valence-corrected chi connectivity index (χ3v) is 7.93. The molecule has 0 unspecified atom stereocenters. The minimum absolute atomic E-state index is 0.0151. The number of methoxy groups -OCH3 is 2. The number of halogens is 1. The second-order valence-electron chi connectivity index (χ2n) is 7.09. The fourth-order valence-corrected chi connectivity index (χ4v) is 5.69. The molecule has 176 valence electrons. The molecule has 0 saturated heterocycles. The van der Waals surface area contributed by atoms with Gasteiger partial charge in [-0.2, -0.15) is 4.99 Å². The van der Waals surface area contributed by atoms with Gasteiger partial charge in [0, 0.05) is 25.1 Å². The second kappa shape index (κ2) is 11.1. The molecule has 11 heteroatoms. The molecule has 0 atom stereocenters. The smallest absolute Gasteiger partial charge is 0.337 e. The number of rotatable bonds is 9. The second-order valence-corrected chi connectivity index (χ2v) is 10.6. The summed E-state index contributed by atoms with van der Waals surface area (Å²) in [5, 5.41) is 0.451. The standard InChI is InChI=1S/C22H23ClN2O6S2/c1-30-12-11-25-18-10-5-15(21(27)31-2)14-19(18)32-22(25)24-20(26)4-3-13-33(28,29)17-8-6-16(23)7-9-17/h5-10,14H,3-4,11-13H2,1-2H3. The summed E-state index contributed by atoms with van der Waals surface area (Å²) < 4.78 is 37.4. The van der Waals surface area contributed by atoms with Crippen LogP contribution in [0.15, 0.2) is 52.4 Å². The molecule has 0 aliphatic heterocycles. The lowest BCUT2D eigenvalue weighted by atomic mass is 10.2. The molecule has 0 saturated carbocycles. The summed E-state index contributed by atoms with van der Waals surface area (Å²) in [6, 6.07) is 11.0. The predicted molar refractivity (Wildman–Crippen MR) is 126 cm³/mol. The fourth-order valence-electron chi connectivity index (χ4n) is 3.14. The number of hydrogen-bond acceptors (Lipinski definition) is 7. The van der Waals surface area contributed by atoms with Crippen LogP contribution in [0.4, 0.5) is 0 Å². The van der Waals surface area contributed by atoms with Gasteiger partial charge in [-0.25, -0.2) is 13.2 Å². The number of amides is 1. The van der Waals surface area contributed by atoms with Crippen LogP contribution in [0, 0.1) is 0 Å². The van der Waals surface area contributed by atoms with Crippen LogP contribution in [-0.4, -0.2) is 51.4 Å². The molecule has 0 aliphatic carbocycles. The number of carbonyl (C=O) groups excluding carboxylic acids is 2. The molecule has 3 rings (SSSR count). The van der Waals surface area contributed by atoms with Gasteiger partial charge in [0.2, 0.25) is 5.91 Å². The maximum atomic E-state index is 12.5. The third-order valence-electron chi connectivity index (χ3n) is 4.82. The molecule has 0 bridgehead atoms. The van der Waals surface area contributed by atoms with E-state index in [0.717, 1.165) is 10.2 Å². The summed E-state index contributed by atoms with van der Waals surface area (Å²) in [5.41, 5.74) is 1.21. The maximum Gasteiger partial charge on any atom is 0.337 e. The average Bonchev–Trinajstić information content (AvgIpc) is 3.13. The van der Waals surface area contributed by atoms with Crippen molar-refractivity contribution >= 4 is 54.9 Å². The van der Waals surface area contributed by atoms with Crippen molar-refractivity contribution in [2.75, 3.05) is 26.6 Å². The molecular formula is C22H23ClN2O6S2. The van der Waals surface area contributed by atoms with Gasteiger partial charge < -0.3 is 14.0 Å². The molecule has 0 radical (unpaired) electrons.